The van der Waals surface area contributed by atoms with E-state index in [1.54, 1.807) is 0 Å². The third kappa shape index (κ3) is 3.99. The highest BCUT2D eigenvalue weighted by atomic mass is 16.6. The number of unbranched alkanes of at least 4 members (excludes halogenated alkanes) is 2. The Morgan fingerprint density at radius 3 is 2.56 bits per heavy atom. The molecule has 0 aliphatic heterocycles. The van der Waals surface area contributed by atoms with E-state index >= 15 is 0 Å². The van der Waals surface area contributed by atoms with Crippen molar-refractivity contribution in [3.8, 4) is 0 Å². The maximum atomic E-state index is 11.4. The van der Waals surface area contributed by atoms with Gasteiger partial charge in [0.2, 0.25) is 0 Å². The Bertz CT molecular complexity index is 227. The zero-order chi connectivity index (χ0) is 11.9. The highest BCUT2D eigenvalue weighted by molar-refractivity contribution is 5.81. The minimum atomic E-state index is -0.251. The molecule has 92 valence electrons. The number of carbonyl (C=O) groups excluding carboxylic acids is 1. The Hall–Kier alpha value is -0.790. The van der Waals surface area contributed by atoms with Gasteiger partial charge in [0.15, 0.2) is 0 Å². The summed E-state index contributed by atoms with van der Waals surface area (Å²) in [4.78, 5) is 11.4. The molecular formula is C14H24O2. The third-order valence-electron chi connectivity index (χ3n) is 3.48. The zero-order valence-electron chi connectivity index (χ0n) is 10.5. The van der Waals surface area contributed by atoms with Crippen LogP contribution >= 0.6 is 0 Å². The highest BCUT2D eigenvalue weighted by Crippen LogP contribution is 2.36. The minimum absolute atomic E-state index is 0.168. The normalized spacial score (nSPS) is 19.1. The van der Waals surface area contributed by atoms with Crippen molar-refractivity contribution in [2.45, 2.75) is 70.3 Å². The van der Waals surface area contributed by atoms with Crippen LogP contribution in [0.25, 0.3) is 0 Å². The van der Waals surface area contributed by atoms with Gasteiger partial charge in [-0.3, -0.25) is 0 Å². The molecule has 16 heavy (non-hydrogen) atoms. The molecule has 2 nitrogen and oxygen atoms in total. The fourth-order valence-electron chi connectivity index (χ4n) is 2.55. The molecule has 0 spiro atoms. The van der Waals surface area contributed by atoms with Crippen molar-refractivity contribution in [2.75, 3.05) is 0 Å². The van der Waals surface area contributed by atoms with Crippen molar-refractivity contribution >= 4 is 5.97 Å². The predicted molar refractivity (Wildman–Crippen MR) is 66.2 cm³/mol. The standard InChI is InChI=1S/C14H24O2/c1-3-5-7-10-14(16-13(15)4-2)11-8-6-9-12-14/h4H,2-3,5-12H2,1H3. The summed E-state index contributed by atoms with van der Waals surface area (Å²) >= 11 is 0. The largest absolute Gasteiger partial charge is 0.456 e. The SMILES string of the molecule is C=CC(=O)OC1(CCCCC)CCCCC1. The lowest BCUT2D eigenvalue weighted by molar-refractivity contribution is -0.158. The number of rotatable bonds is 6. The van der Waals surface area contributed by atoms with Crippen molar-refractivity contribution in [3.63, 3.8) is 0 Å². The molecule has 0 aromatic rings. The Kier molecular flexibility index (Phi) is 5.58. The zero-order valence-corrected chi connectivity index (χ0v) is 10.5. The van der Waals surface area contributed by atoms with Gasteiger partial charge in [0.25, 0.3) is 0 Å². The summed E-state index contributed by atoms with van der Waals surface area (Å²) in [5.41, 5.74) is -0.168. The summed E-state index contributed by atoms with van der Waals surface area (Å²) in [5, 5.41) is 0. The molecular weight excluding hydrogens is 200 g/mol. The summed E-state index contributed by atoms with van der Waals surface area (Å²) in [6.07, 6.45) is 11.7. The molecule has 1 aliphatic carbocycles. The van der Waals surface area contributed by atoms with E-state index in [4.69, 9.17) is 4.74 Å². The number of carbonyl (C=O) groups is 1. The van der Waals surface area contributed by atoms with Crippen LogP contribution in [0.2, 0.25) is 0 Å². The Morgan fingerprint density at radius 2 is 2.00 bits per heavy atom. The number of hydrogen-bond donors (Lipinski definition) is 0. The van der Waals surface area contributed by atoms with E-state index in [9.17, 15) is 4.79 Å². The van der Waals surface area contributed by atoms with Crippen LogP contribution in [0.1, 0.15) is 64.7 Å². The molecule has 0 unspecified atom stereocenters. The molecule has 2 heteroatoms. The van der Waals surface area contributed by atoms with Crippen LogP contribution < -0.4 is 0 Å². The molecule has 0 bridgehead atoms. The molecule has 0 atom stereocenters. The lowest BCUT2D eigenvalue weighted by Gasteiger charge is -2.36. The van der Waals surface area contributed by atoms with Crippen LogP contribution in [0.4, 0.5) is 0 Å². The van der Waals surface area contributed by atoms with Crippen molar-refractivity contribution in [1.82, 2.24) is 0 Å². The molecule has 0 aromatic heterocycles. The molecule has 0 amide bonds. The maximum absolute atomic E-state index is 11.4. The average Bonchev–Trinajstić information content (AvgIpc) is 2.30. The van der Waals surface area contributed by atoms with Gasteiger partial charge in [0.05, 0.1) is 0 Å². The van der Waals surface area contributed by atoms with Crippen molar-refractivity contribution in [1.29, 1.82) is 0 Å². The second kappa shape index (κ2) is 6.72. The van der Waals surface area contributed by atoms with E-state index in [0.29, 0.717) is 0 Å². The fraction of sp³-hybridized carbons (Fsp3) is 0.786. The minimum Gasteiger partial charge on any atom is -0.456 e. The van der Waals surface area contributed by atoms with Gasteiger partial charge in [-0.05, 0) is 38.5 Å². The topological polar surface area (TPSA) is 26.3 Å². The van der Waals surface area contributed by atoms with Crippen LogP contribution in [0.3, 0.4) is 0 Å². The summed E-state index contributed by atoms with van der Waals surface area (Å²) in [7, 11) is 0. The molecule has 0 heterocycles. The summed E-state index contributed by atoms with van der Waals surface area (Å²) in [6, 6.07) is 0. The maximum Gasteiger partial charge on any atom is 0.330 e. The first-order valence-electron chi connectivity index (χ1n) is 6.58. The van der Waals surface area contributed by atoms with Crippen molar-refractivity contribution in [3.05, 3.63) is 12.7 Å². The molecule has 1 rings (SSSR count). The summed E-state index contributed by atoms with van der Waals surface area (Å²) in [6.45, 7) is 5.68. The van der Waals surface area contributed by atoms with Gasteiger partial charge in [-0.2, -0.15) is 0 Å². The van der Waals surface area contributed by atoms with Crippen LogP contribution in [0.5, 0.6) is 0 Å². The lowest BCUT2D eigenvalue weighted by Crippen LogP contribution is -2.36. The van der Waals surface area contributed by atoms with E-state index in [-0.39, 0.29) is 11.6 Å². The van der Waals surface area contributed by atoms with E-state index < -0.39 is 0 Å². The molecule has 1 saturated carbocycles. The molecule has 1 aliphatic rings. The van der Waals surface area contributed by atoms with Crippen LogP contribution in [-0.4, -0.2) is 11.6 Å². The van der Waals surface area contributed by atoms with Crippen molar-refractivity contribution < 1.29 is 9.53 Å². The Labute approximate surface area is 99.1 Å². The smallest absolute Gasteiger partial charge is 0.330 e. The van der Waals surface area contributed by atoms with Crippen LogP contribution in [0.15, 0.2) is 12.7 Å². The van der Waals surface area contributed by atoms with Gasteiger partial charge >= 0.3 is 5.97 Å². The first-order valence-corrected chi connectivity index (χ1v) is 6.58. The number of esters is 1. The quantitative estimate of drug-likeness (QED) is 0.387. The average molecular weight is 224 g/mol. The Balaban J connectivity index is 2.52. The summed E-state index contributed by atoms with van der Waals surface area (Å²) in [5.74, 6) is -0.251. The molecule has 0 saturated heterocycles. The van der Waals surface area contributed by atoms with Crippen molar-refractivity contribution in [2.24, 2.45) is 0 Å². The van der Waals surface area contributed by atoms with Gasteiger partial charge < -0.3 is 4.74 Å². The molecule has 1 fully saturated rings. The first kappa shape index (κ1) is 13.3. The molecule has 0 radical (unpaired) electrons. The third-order valence-corrected chi connectivity index (χ3v) is 3.48. The van der Waals surface area contributed by atoms with Gasteiger partial charge in [0, 0.05) is 6.08 Å². The van der Waals surface area contributed by atoms with Gasteiger partial charge in [-0.25, -0.2) is 4.79 Å². The second-order valence-electron chi connectivity index (χ2n) is 4.83. The Morgan fingerprint density at radius 1 is 1.31 bits per heavy atom. The predicted octanol–water partition coefficient (Wildman–Crippen LogP) is 4.00. The highest BCUT2D eigenvalue weighted by Gasteiger charge is 2.34. The lowest BCUT2D eigenvalue weighted by atomic mass is 9.81. The van der Waals surface area contributed by atoms with Crippen LogP contribution in [0, 0.1) is 0 Å². The van der Waals surface area contributed by atoms with E-state index in [0.717, 1.165) is 19.3 Å². The second-order valence-corrected chi connectivity index (χ2v) is 4.83. The van der Waals surface area contributed by atoms with Gasteiger partial charge in [0.1, 0.15) is 5.60 Å². The van der Waals surface area contributed by atoms with Gasteiger partial charge in [-0.15, -0.1) is 0 Å². The first-order chi connectivity index (χ1) is 7.72. The van der Waals surface area contributed by atoms with E-state index in [1.807, 2.05) is 0 Å². The number of ether oxygens (including phenoxy) is 1. The molecule has 0 N–H and O–H groups in total. The monoisotopic (exact) mass is 224 g/mol. The van der Waals surface area contributed by atoms with E-state index in [2.05, 4.69) is 13.5 Å². The van der Waals surface area contributed by atoms with Gasteiger partial charge in [-0.1, -0.05) is 32.8 Å². The summed E-state index contributed by atoms with van der Waals surface area (Å²) < 4.78 is 5.62. The number of hydrogen-bond acceptors (Lipinski definition) is 2. The molecule has 0 aromatic carbocycles. The fourth-order valence-corrected chi connectivity index (χ4v) is 2.55. The van der Waals surface area contributed by atoms with Crippen LogP contribution in [-0.2, 0) is 9.53 Å². The van der Waals surface area contributed by atoms with E-state index in [1.165, 1.54) is 44.6 Å².